The summed E-state index contributed by atoms with van der Waals surface area (Å²) in [5, 5.41) is 15.8. The third-order valence-electron chi connectivity index (χ3n) is 5.09. The van der Waals surface area contributed by atoms with Crippen molar-refractivity contribution in [2.75, 3.05) is 13.2 Å². The smallest absolute Gasteiger partial charge is 0.237 e. The molecule has 1 saturated carbocycles. The Morgan fingerprint density at radius 2 is 2.05 bits per heavy atom. The van der Waals surface area contributed by atoms with Gasteiger partial charge >= 0.3 is 0 Å². The molecule has 22 heavy (non-hydrogen) atoms. The Bertz CT molecular complexity index is 325. The molecule has 1 saturated heterocycles. The van der Waals surface area contributed by atoms with Crippen LogP contribution in [-0.4, -0.2) is 36.2 Å². The van der Waals surface area contributed by atoms with E-state index in [0.29, 0.717) is 30.3 Å². The molecule has 0 bridgehead atoms. The van der Waals surface area contributed by atoms with E-state index in [4.69, 9.17) is 5.11 Å². The van der Waals surface area contributed by atoms with E-state index in [1.54, 1.807) is 0 Å². The Labute approximate surface area is 141 Å². The lowest BCUT2D eigenvalue weighted by atomic mass is 9.85. The summed E-state index contributed by atoms with van der Waals surface area (Å²) in [6.45, 7) is 5.29. The lowest BCUT2D eigenvalue weighted by Gasteiger charge is -2.24. The van der Waals surface area contributed by atoms with Crippen LogP contribution in [0.4, 0.5) is 0 Å². The van der Waals surface area contributed by atoms with Crippen molar-refractivity contribution in [1.29, 1.82) is 0 Å². The number of fused-ring (bicyclic) bond motifs is 1. The highest BCUT2D eigenvalue weighted by molar-refractivity contribution is 5.85. The molecule has 5 heteroatoms. The number of nitrogens with one attached hydrogen (secondary N) is 2. The summed E-state index contributed by atoms with van der Waals surface area (Å²) in [4.78, 5) is 12.3. The van der Waals surface area contributed by atoms with Crippen LogP contribution in [0.3, 0.4) is 0 Å². The summed E-state index contributed by atoms with van der Waals surface area (Å²) in [5.41, 5.74) is 0. The van der Waals surface area contributed by atoms with Crippen LogP contribution in [0.15, 0.2) is 0 Å². The molecule has 3 N–H and O–H groups in total. The van der Waals surface area contributed by atoms with Gasteiger partial charge in [-0.1, -0.05) is 26.7 Å². The normalized spacial score (nSPS) is 28.8. The largest absolute Gasteiger partial charge is 0.396 e. The second-order valence-electron chi connectivity index (χ2n) is 7.36. The quantitative estimate of drug-likeness (QED) is 0.671. The van der Waals surface area contributed by atoms with Gasteiger partial charge < -0.3 is 15.7 Å². The average Bonchev–Trinajstić information content (AvgIpc) is 2.88. The van der Waals surface area contributed by atoms with Gasteiger partial charge in [-0.25, -0.2) is 0 Å². The van der Waals surface area contributed by atoms with Crippen LogP contribution in [0.25, 0.3) is 0 Å². The topological polar surface area (TPSA) is 61.4 Å². The molecule has 2 rings (SSSR count). The van der Waals surface area contributed by atoms with Gasteiger partial charge in [-0.3, -0.25) is 4.79 Å². The van der Waals surface area contributed by atoms with Crippen LogP contribution in [0.2, 0.25) is 0 Å². The first-order valence-electron chi connectivity index (χ1n) is 8.74. The van der Waals surface area contributed by atoms with Gasteiger partial charge in [0.25, 0.3) is 0 Å². The summed E-state index contributed by atoms with van der Waals surface area (Å²) in [7, 11) is 0. The molecule has 0 aromatic carbocycles. The number of aliphatic hydroxyl groups excluding tert-OH is 1. The zero-order valence-corrected chi connectivity index (χ0v) is 14.8. The van der Waals surface area contributed by atoms with E-state index >= 15 is 0 Å². The van der Waals surface area contributed by atoms with Gasteiger partial charge in [0.15, 0.2) is 0 Å². The molecule has 0 spiro atoms. The highest BCUT2D eigenvalue weighted by Crippen LogP contribution is 2.33. The molecule has 4 atom stereocenters. The van der Waals surface area contributed by atoms with E-state index in [2.05, 4.69) is 24.5 Å². The maximum Gasteiger partial charge on any atom is 0.237 e. The fourth-order valence-electron chi connectivity index (χ4n) is 4.04. The van der Waals surface area contributed by atoms with Gasteiger partial charge in [0.2, 0.25) is 5.91 Å². The monoisotopic (exact) mass is 332 g/mol. The van der Waals surface area contributed by atoms with E-state index in [9.17, 15) is 4.79 Å². The molecule has 2 aliphatic rings. The first-order chi connectivity index (χ1) is 10.1. The predicted molar refractivity (Wildman–Crippen MR) is 92.2 cm³/mol. The Hall–Kier alpha value is -0.320. The third kappa shape index (κ3) is 5.71. The molecule has 1 amide bonds. The van der Waals surface area contributed by atoms with Crippen molar-refractivity contribution in [3.63, 3.8) is 0 Å². The molecule has 1 aliphatic heterocycles. The predicted octanol–water partition coefficient (Wildman–Crippen LogP) is 2.49. The highest BCUT2D eigenvalue weighted by atomic mass is 35.5. The molecule has 4 nitrogen and oxygen atoms in total. The highest BCUT2D eigenvalue weighted by Gasteiger charge is 2.38. The van der Waals surface area contributed by atoms with E-state index < -0.39 is 0 Å². The Morgan fingerprint density at radius 1 is 1.32 bits per heavy atom. The minimum absolute atomic E-state index is 0. The van der Waals surface area contributed by atoms with E-state index in [1.165, 1.54) is 25.7 Å². The van der Waals surface area contributed by atoms with E-state index in [0.717, 1.165) is 19.3 Å². The first-order valence-corrected chi connectivity index (χ1v) is 8.74. The SMILES string of the molecule is CC(C)CC(CCO)CNC(=O)C1CC2CCCCC2N1.Cl. The number of hydrogen-bond acceptors (Lipinski definition) is 3. The molecule has 4 unspecified atom stereocenters. The van der Waals surface area contributed by atoms with Gasteiger partial charge in [-0.05, 0) is 49.9 Å². The van der Waals surface area contributed by atoms with Crippen molar-refractivity contribution >= 4 is 18.3 Å². The fourth-order valence-corrected chi connectivity index (χ4v) is 4.04. The molecule has 1 heterocycles. The zero-order chi connectivity index (χ0) is 15.2. The number of amides is 1. The van der Waals surface area contributed by atoms with Crippen molar-refractivity contribution in [3.05, 3.63) is 0 Å². The maximum absolute atomic E-state index is 12.3. The van der Waals surface area contributed by atoms with Crippen LogP contribution in [0.5, 0.6) is 0 Å². The van der Waals surface area contributed by atoms with E-state index in [-0.39, 0.29) is 31.0 Å². The fraction of sp³-hybridized carbons (Fsp3) is 0.941. The Kier molecular flexibility index (Phi) is 8.73. The van der Waals surface area contributed by atoms with Crippen LogP contribution < -0.4 is 10.6 Å². The van der Waals surface area contributed by atoms with Gasteiger partial charge in [0, 0.05) is 19.2 Å². The van der Waals surface area contributed by atoms with Gasteiger partial charge in [0.05, 0.1) is 6.04 Å². The molecular weight excluding hydrogens is 300 g/mol. The summed E-state index contributed by atoms with van der Waals surface area (Å²) in [6.07, 6.45) is 7.98. The van der Waals surface area contributed by atoms with Gasteiger partial charge in [-0.2, -0.15) is 0 Å². The standard InChI is InChI=1S/C17H32N2O2.ClH/c1-12(2)9-13(7-8-20)11-18-17(21)16-10-14-5-3-4-6-15(14)19-16;/h12-16,19-20H,3-11H2,1-2H3,(H,18,21);1H. The molecule has 0 aromatic heterocycles. The second-order valence-corrected chi connectivity index (χ2v) is 7.36. The average molecular weight is 333 g/mol. The van der Waals surface area contributed by atoms with E-state index in [1.807, 2.05) is 0 Å². The van der Waals surface area contributed by atoms with Crippen molar-refractivity contribution in [2.24, 2.45) is 17.8 Å². The number of rotatable bonds is 7. The molecule has 2 fully saturated rings. The molecular formula is C17H33ClN2O2. The third-order valence-corrected chi connectivity index (χ3v) is 5.09. The summed E-state index contributed by atoms with van der Waals surface area (Å²) >= 11 is 0. The van der Waals surface area contributed by atoms with Crippen LogP contribution in [0.1, 0.15) is 58.8 Å². The number of halogens is 1. The Balaban J connectivity index is 0.00000242. The second kappa shape index (κ2) is 9.74. The number of carbonyl (C=O) groups is 1. The van der Waals surface area contributed by atoms with Crippen molar-refractivity contribution in [2.45, 2.75) is 70.9 Å². The van der Waals surface area contributed by atoms with Crippen molar-refractivity contribution in [3.8, 4) is 0 Å². The summed E-state index contributed by atoms with van der Waals surface area (Å²) < 4.78 is 0. The lowest BCUT2D eigenvalue weighted by Crippen LogP contribution is -2.44. The van der Waals surface area contributed by atoms with Crippen molar-refractivity contribution in [1.82, 2.24) is 10.6 Å². The molecule has 130 valence electrons. The van der Waals surface area contributed by atoms with Crippen LogP contribution in [0, 0.1) is 17.8 Å². The van der Waals surface area contributed by atoms with Crippen molar-refractivity contribution < 1.29 is 9.90 Å². The summed E-state index contributed by atoms with van der Waals surface area (Å²) in [6, 6.07) is 0.574. The minimum Gasteiger partial charge on any atom is -0.396 e. The number of hydrogen-bond donors (Lipinski definition) is 3. The number of carbonyl (C=O) groups excluding carboxylic acids is 1. The van der Waals surface area contributed by atoms with Gasteiger partial charge in [0.1, 0.15) is 0 Å². The summed E-state index contributed by atoms with van der Waals surface area (Å²) in [5.74, 6) is 1.86. The molecule has 1 aliphatic carbocycles. The Morgan fingerprint density at radius 3 is 2.68 bits per heavy atom. The maximum atomic E-state index is 12.3. The minimum atomic E-state index is 0. The van der Waals surface area contributed by atoms with Gasteiger partial charge in [-0.15, -0.1) is 12.4 Å². The zero-order valence-electron chi connectivity index (χ0n) is 14.0. The lowest BCUT2D eigenvalue weighted by molar-refractivity contribution is -0.123. The molecule has 0 aromatic rings. The first kappa shape index (κ1) is 19.7. The molecule has 0 radical (unpaired) electrons. The number of aliphatic hydroxyl groups is 1. The van der Waals surface area contributed by atoms with Crippen LogP contribution in [-0.2, 0) is 4.79 Å². The van der Waals surface area contributed by atoms with Crippen LogP contribution >= 0.6 is 12.4 Å².